The van der Waals surface area contributed by atoms with E-state index in [4.69, 9.17) is 9.47 Å². The number of phenols is 1. The normalized spacial score (nSPS) is 14.0. The van der Waals surface area contributed by atoms with Crippen molar-refractivity contribution in [1.82, 2.24) is 4.90 Å². The third-order valence-corrected chi connectivity index (χ3v) is 6.11. The number of methoxy groups -OCH3 is 2. The predicted molar refractivity (Wildman–Crippen MR) is 109 cm³/mol. The van der Waals surface area contributed by atoms with Crippen molar-refractivity contribution in [2.24, 2.45) is 0 Å². The van der Waals surface area contributed by atoms with E-state index in [0.717, 1.165) is 37.4 Å². The molecule has 0 fully saturated rings. The largest absolute Gasteiger partial charge is 0.504 e. The summed E-state index contributed by atoms with van der Waals surface area (Å²) in [4.78, 5) is 5.01. The lowest BCUT2D eigenvalue weighted by atomic mass is 9.99. The van der Waals surface area contributed by atoms with Gasteiger partial charge in [-0.2, -0.15) is 0 Å². The second-order valence-corrected chi connectivity index (χ2v) is 7.89. The molecule has 0 saturated heterocycles. The molecule has 1 aromatic heterocycles. The summed E-state index contributed by atoms with van der Waals surface area (Å²) in [5.74, 6) is 1.68. The van der Waals surface area contributed by atoms with Crippen LogP contribution in [-0.4, -0.2) is 30.8 Å². The van der Waals surface area contributed by atoms with E-state index in [1.54, 1.807) is 14.2 Å². The molecule has 5 heteroatoms. The number of rotatable bonds is 5. The maximum absolute atomic E-state index is 9.97. The first-order chi connectivity index (χ1) is 13.2. The molecule has 0 atom stereocenters. The first-order valence-corrected chi connectivity index (χ1v) is 9.83. The highest BCUT2D eigenvalue weighted by atomic mass is 32.1. The molecule has 0 amide bonds. The van der Waals surface area contributed by atoms with Crippen LogP contribution in [0.5, 0.6) is 17.2 Å². The van der Waals surface area contributed by atoms with Gasteiger partial charge in [0.25, 0.3) is 0 Å². The molecule has 3 aromatic rings. The molecule has 2 heterocycles. The molecule has 2 aromatic carbocycles. The van der Waals surface area contributed by atoms with Gasteiger partial charge >= 0.3 is 0 Å². The van der Waals surface area contributed by atoms with Crippen LogP contribution in [0.3, 0.4) is 0 Å². The lowest BCUT2D eigenvalue weighted by Gasteiger charge is -2.28. The number of para-hydroxylation sites is 1. The summed E-state index contributed by atoms with van der Waals surface area (Å²) >= 11 is 1.81. The summed E-state index contributed by atoms with van der Waals surface area (Å²) in [5.41, 5.74) is 3.59. The van der Waals surface area contributed by atoms with Gasteiger partial charge < -0.3 is 14.6 Å². The van der Waals surface area contributed by atoms with E-state index in [0.29, 0.717) is 5.75 Å². The molecule has 4 nitrogen and oxygen atoms in total. The number of fused-ring (bicyclic) bond motifs is 1. The molecule has 0 spiro atoms. The zero-order chi connectivity index (χ0) is 18.8. The second-order valence-electron chi connectivity index (χ2n) is 6.72. The van der Waals surface area contributed by atoms with Crippen LogP contribution in [0.4, 0.5) is 0 Å². The van der Waals surface area contributed by atoms with Gasteiger partial charge in [-0.25, -0.2) is 0 Å². The fourth-order valence-corrected chi connectivity index (χ4v) is 4.69. The van der Waals surface area contributed by atoms with Gasteiger partial charge in [-0.05, 0) is 53.9 Å². The van der Waals surface area contributed by atoms with Crippen molar-refractivity contribution in [3.8, 4) is 27.7 Å². The number of hydrogen-bond donors (Lipinski definition) is 1. The van der Waals surface area contributed by atoms with E-state index in [1.807, 2.05) is 41.7 Å². The Balaban J connectivity index is 1.50. The zero-order valence-corrected chi connectivity index (χ0v) is 16.4. The summed E-state index contributed by atoms with van der Waals surface area (Å²) in [6.45, 7) is 2.77. The average molecular weight is 381 g/mol. The van der Waals surface area contributed by atoms with Crippen molar-refractivity contribution in [3.63, 3.8) is 0 Å². The molecule has 0 aliphatic carbocycles. The molecule has 1 aliphatic rings. The summed E-state index contributed by atoms with van der Waals surface area (Å²) in [6.07, 6.45) is 0.942. The molecule has 4 rings (SSSR count). The number of benzene rings is 2. The van der Waals surface area contributed by atoms with E-state index < -0.39 is 0 Å². The molecule has 0 unspecified atom stereocenters. The summed E-state index contributed by atoms with van der Waals surface area (Å²) in [6, 6.07) is 16.3. The van der Waals surface area contributed by atoms with E-state index in [9.17, 15) is 5.11 Å². The van der Waals surface area contributed by atoms with Gasteiger partial charge in [0.1, 0.15) is 5.75 Å². The molecule has 0 radical (unpaired) electrons. The molecule has 1 aliphatic heterocycles. The first kappa shape index (κ1) is 17.9. The molecule has 1 N–H and O–H groups in total. The SMILES string of the molecule is COc1cc2c(cc1O)CCN(Cc1ccc(-c3ccccc3OC)s1)C2. The van der Waals surface area contributed by atoms with Crippen molar-refractivity contribution in [3.05, 3.63) is 64.5 Å². The van der Waals surface area contributed by atoms with Gasteiger partial charge in [0, 0.05) is 35.0 Å². The van der Waals surface area contributed by atoms with E-state index in [2.05, 4.69) is 23.1 Å². The lowest BCUT2D eigenvalue weighted by Crippen LogP contribution is -2.29. The van der Waals surface area contributed by atoms with E-state index in [-0.39, 0.29) is 5.75 Å². The van der Waals surface area contributed by atoms with Crippen LogP contribution in [0.1, 0.15) is 16.0 Å². The fraction of sp³-hybridized carbons (Fsp3) is 0.273. The Kier molecular flexibility index (Phi) is 5.05. The molecule has 0 bridgehead atoms. The summed E-state index contributed by atoms with van der Waals surface area (Å²) in [7, 11) is 3.30. The predicted octanol–water partition coefficient (Wildman–Crippen LogP) is 4.70. The average Bonchev–Trinajstić information content (AvgIpc) is 3.16. The van der Waals surface area contributed by atoms with Crippen LogP contribution in [0, 0.1) is 0 Å². The fourth-order valence-electron chi connectivity index (χ4n) is 3.61. The topological polar surface area (TPSA) is 41.9 Å². The molecular weight excluding hydrogens is 358 g/mol. The molecule has 140 valence electrons. The van der Waals surface area contributed by atoms with Crippen LogP contribution in [0.15, 0.2) is 48.5 Å². The zero-order valence-electron chi connectivity index (χ0n) is 15.6. The Morgan fingerprint density at radius 3 is 2.63 bits per heavy atom. The Morgan fingerprint density at radius 2 is 1.81 bits per heavy atom. The smallest absolute Gasteiger partial charge is 0.160 e. The first-order valence-electron chi connectivity index (χ1n) is 9.01. The van der Waals surface area contributed by atoms with Crippen molar-refractivity contribution >= 4 is 11.3 Å². The van der Waals surface area contributed by atoms with Crippen LogP contribution in [0.2, 0.25) is 0 Å². The van der Waals surface area contributed by atoms with Crippen molar-refractivity contribution in [2.75, 3.05) is 20.8 Å². The van der Waals surface area contributed by atoms with E-state index in [1.165, 1.54) is 20.9 Å². The third-order valence-electron chi connectivity index (χ3n) is 5.01. The second kappa shape index (κ2) is 7.62. The van der Waals surface area contributed by atoms with Gasteiger partial charge in [0.05, 0.1) is 14.2 Å². The van der Waals surface area contributed by atoms with Crippen LogP contribution < -0.4 is 9.47 Å². The van der Waals surface area contributed by atoms with E-state index >= 15 is 0 Å². The lowest BCUT2D eigenvalue weighted by molar-refractivity contribution is 0.246. The Hall–Kier alpha value is -2.50. The van der Waals surface area contributed by atoms with Crippen molar-refractivity contribution in [2.45, 2.75) is 19.5 Å². The van der Waals surface area contributed by atoms with Crippen molar-refractivity contribution < 1.29 is 14.6 Å². The quantitative estimate of drug-likeness (QED) is 0.696. The monoisotopic (exact) mass is 381 g/mol. The number of aromatic hydroxyl groups is 1. The summed E-state index contributed by atoms with van der Waals surface area (Å²) < 4.78 is 10.8. The van der Waals surface area contributed by atoms with Crippen molar-refractivity contribution in [1.29, 1.82) is 0 Å². The molecular formula is C22H23NO3S. The molecule has 0 saturated carbocycles. The van der Waals surface area contributed by atoms with Crippen LogP contribution in [0.25, 0.3) is 10.4 Å². The minimum atomic E-state index is 0.226. The number of thiophene rings is 1. The number of phenolic OH excluding ortho intramolecular Hbond substituents is 1. The number of hydrogen-bond acceptors (Lipinski definition) is 5. The minimum Gasteiger partial charge on any atom is -0.504 e. The minimum absolute atomic E-state index is 0.226. The molecule has 27 heavy (non-hydrogen) atoms. The Labute approximate surface area is 163 Å². The van der Waals surface area contributed by atoms with Gasteiger partial charge in [-0.1, -0.05) is 12.1 Å². The van der Waals surface area contributed by atoms with Gasteiger partial charge in [0.15, 0.2) is 11.5 Å². The Morgan fingerprint density at radius 1 is 1.00 bits per heavy atom. The maximum Gasteiger partial charge on any atom is 0.160 e. The van der Waals surface area contributed by atoms with Gasteiger partial charge in [-0.15, -0.1) is 11.3 Å². The highest BCUT2D eigenvalue weighted by Gasteiger charge is 2.20. The highest BCUT2D eigenvalue weighted by molar-refractivity contribution is 7.15. The Bertz CT molecular complexity index is 950. The highest BCUT2D eigenvalue weighted by Crippen LogP contribution is 2.36. The van der Waals surface area contributed by atoms with Crippen LogP contribution in [-0.2, 0) is 19.5 Å². The third kappa shape index (κ3) is 3.66. The number of nitrogens with zero attached hydrogens (tertiary/aromatic N) is 1. The van der Waals surface area contributed by atoms with Crippen LogP contribution >= 0.6 is 11.3 Å². The maximum atomic E-state index is 9.97. The van der Waals surface area contributed by atoms with Gasteiger partial charge in [-0.3, -0.25) is 4.90 Å². The standard InChI is InChI=1S/C22H23NO3S/c1-25-20-6-4-3-5-18(20)22-8-7-17(27-22)14-23-10-9-15-11-19(24)21(26-2)12-16(15)13-23/h3-8,11-12,24H,9-10,13-14H2,1-2H3. The van der Waals surface area contributed by atoms with Gasteiger partial charge in [0.2, 0.25) is 0 Å². The number of ether oxygens (including phenoxy) is 2. The summed E-state index contributed by atoms with van der Waals surface area (Å²) in [5, 5.41) is 9.97.